The Morgan fingerprint density at radius 1 is 0.142 bits per heavy atom. The minimum Gasteiger partial charge on any atom is -0.311 e. The van der Waals surface area contributed by atoms with E-state index in [0.29, 0.717) is 0 Å². The maximum atomic E-state index is 2.38. The maximum absolute atomic E-state index is 2.38. The highest BCUT2D eigenvalue weighted by Crippen LogP contribution is 2.47. The fourth-order valence-electron chi connectivity index (χ4n) is 14.7. The lowest BCUT2D eigenvalue weighted by molar-refractivity contribution is 1.28. The molecule has 19 aromatic rings. The third kappa shape index (κ3) is 13.3. The van der Waals surface area contributed by atoms with Crippen LogP contribution in [0.3, 0.4) is 0 Å². The molecule has 0 saturated carbocycles. The Balaban J connectivity index is 0.000000151. The molecule has 0 aliphatic heterocycles. The molecule has 0 spiro atoms. The number of anilines is 6. The molecule has 0 N–H and O–H groups in total. The molecule has 500 valence electrons. The molecule has 0 unspecified atom stereocenters. The minimum absolute atomic E-state index is 1.11. The number of benzene rings is 17. The first-order valence-electron chi connectivity index (χ1n) is 36.1. The molecular formula is C102H70N2S2. The molecule has 0 amide bonds. The van der Waals surface area contributed by atoms with Crippen molar-refractivity contribution in [2.45, 2.75) is 0 Å². The Morgan fingerprint density at radius 3 is 0.613 bits per heavy atom. The first-order valence-corrected chi connectivity index (χ1v) is 37.7. The average molecular weight is 1390 g/mol. The summed E-state index contributed by atoms with van der Waals surface area (Å²) < 4.78 is 5.25. The summed E-state index contributed by atoms with van der Waals surface area (Å²) in [7, 11) is 0. The van der Waals surface area contributed by atoms with Crippen LogP contribution in [-0.4, -0.2) is 0 Å². The third-order valence-corrected chi connectivity index (χ3v) is 22.6. The summed E-state index contributed by atoms with van der Waals surface area (Å²) in [4.78, 5) is 4.69. The van der Waals surface area contributed by atoms with E-state index < -0.39 is 0 Å². The van der Waals surface area contributed by atoms with E-state index in [2.05, 4.69) is 434 Å². The van der Waals surface area contributed by atoms with E-state index in [9.17, 15) is 0 Å². The summed E-state index contributed by atoms with van der Waals surface area (Å²) in [5.41, 5.74) is 28.6. The maximum Gasteiger partial charge on any atom is 0.0462 e. The van der Waals surface area contributed by atoms with Gasteiger partial charge < -0.3 is 9.80 Å². The van der Waals surface area contributed by atoms with Crippen molar-refractivity contribution < 1.29 is 0 Å². The molecule has 2 aromatic heterocycles. The van der Waals surface area contributed by atoms with Crippen LogP contribution in [0.2, 0.25) is 0 Å². The first kappa shape index (κ1) is 64.8. The van der Waals surface area contributed by atoms with Gasteiger partial charge >= 0.3 is 0 Å². The van der Waals surface area contributed by atoms with Crippen molar-refractivity contribution in [3.8, 4) is 100 Å². The Morgan fingerprint density at radius 2 is 0.340 bits per heavy atom. The van der Waals surface area contributed by atoms with Crippen molar-refractivity contribution >= 4 is 97.1 Å². The van der Waals surface area contributed by atoms with E-state index in [1.165, 1.54) is 140 Å². The Bertz CT molecular complexity index is 6120. The van der Waals surface area contributed by atoms with E-state index in [0.717, 1.165) is 34.1 Å². The molecule has 0 saturated heterocycles. The van der Waals surface area contributed by atoms with Gasteiger partial charge in [0.05, 0.1) is 0 Å². The zero-order chi connectivity index (χ0) is 70.5. The van der Waals surface area contributed by atoms with Crippen LogP contribution in [0.15, 0.2) is 425 Å². The van der Waals surface area contributed by atoms with E-state index in [-0.39, 0.29) is 0 Å². The molecule has 0 bridgehead atoms. The molecule has 106 heavy (non-hydrogen) atoms. The lowest BCUT2D eigenvalue weighted by Gasteiger charge is -2.26. The highest BCUT2D eigenvalue weighted by molar-refractivity contribution is 7.26. The Kier molecular flexibility index (Phi) is 17.9. The van der Waals surface area contributed by atoms with Crippen molar-refractivity contribution in [2.24, 2.45) is 0 Å². The predicted octanol–water partition coefficient (Wildman–Crippen LogP) is 30.1. The predicted molar refractivity (Wildman–Crippen MR) is 457 cm³/mol. The molecule has 0 atom stereocenters. The van der Waals surface area contributed by atoms with Gasteiger partial charge in [-0.15, -0.1) is 22.7 Å². The lowest BCUT2D eigenvalue weighted by atomic mass is 9.94. The number of nitrogens with zero attached hydrogens (tertiary/aromatic N) is 2. The Hall–Kier alpha value is -13.2. The van der Waals surface area contributed by atoms with Crippen molar-refractivity contribution in [1.29, 1.82) is 0 Å². The van der Waals surface area contributed by atoms with Crippen LogP contribution in [0.4, 0.5) is 34.1 Å². The second-order valence-electron chi connectivity index (χ2n) is 26.7. The fraction of sp³-hybridized carbons (Fsp3) is 0. The van der Waals surface area contributed by atoms with Crippen LogP contribution in [0.25, 0.3) is 140 Å². The largest absolute Gasteiger partial charge is 0.311 e. The second kappa shape index (κ2) is 29.3. The van der Waals surface area contributed by atoms with E-state index in [1.54, 1.807) is 0 Å². The van der Waals surface area contributed by atoms with Crippen molar-refractivity contribution in [2.75, 3.05) is 9.80 Å². The van der Waals surface area contributed by atoms with Crippen LogP contribution in [0, 0.1) is 0 Å². The topological polar surface area (TPSA) is 6.48 Å². The van der Waals surface area contributed by atoms with Crippen LogP contribution in [-0.2, 0) is 0 Å². The average Bonchev–Trinajstić information content (AvgIpc) is 1.57. The van der Waals surface area contributed by atoms with Gasteiger partial charge in [0.25, 0.3) is 0 Å². The van der Waals surface area contributed by atoms with Gasteiger partial charge in [-0.2, -0.15) is 0 Å². The molecule has 0 aliphatic rings. The molecule has 0 aliphatic carbocycles. The highest BCUT2D eigenvalue weighted by Gasteiger charge is 2.20. The van der Waals surface area contributed by atoms with Gasteiger partial charge in [0.1, 0.15) is 0 Å². The number of rotatable bonds is 15. The van der Waals surface area contributed by atoms with Crippen molar-refractivity contribution in [3.63, 3.8) is 0 Å². The van der Waals surface area contributed by atoms with Crippen molar-refractivity contribution in [1.82, 2.24) is 0 Å². The third-order valence-electron chi connectivity index (χ3n) is 20.2. The lowest BCUT2D eigenvalue weighted by Crippen LogP contribution is -2.09. The normalized spacial score (nSPS) is 11.2. The molecule has 4 heteroatoms. The molecule has 0 fully saturated rings. The van der Waals surface area contributed by atoms with Crippen LogP contribution in [0.5, 0.6) is 0 Å². The summed E-state index contributed by atoms with van der Waals surface area (Å²) in [5.74, 6) is 0. The fourth-order valence-corrected chi connectivity index (χ4v) is 17.2. The summed E-state index contributed by atoms with van der Waals surface area (Å²) in [5, 5.41) is 5.21. The molecule has 0 radical (unpaired) electrons. The van der Waals surface area contributed by atoms with Gasteiger partial charge in [-0.3, -0.25) is 0 Å². The minimum atomic E-state index is 1.11. The SMILES string of the molecule is c1ccc(-c2ccc(-c3cc(-c4ccc(N(c5ccc(-c6ccccc6)cc5)c5ccc(-c6ccccc6)cc5)cc4)c4sc5ccccc5c4c3)cc2)cc1.c1ccc(-c2ccc(-c3cc(-c4ccc(N(c5ccccc5)c5ccc(-c6ccccc6)cc5)cc4)c4sc5ccccc5c4c3)cc2)cc1. The summed E-state index contributed by atoms with van der Waals surface area (Å²) in [6, 6.07) is 153. The van der Waals surface area contributed by atoms with Crippen molar-refractivity contribution in [3.05, 3.63) is 425 Å². The zero-order valence-corrected chi connectivity index (χ0v) is 59.8. The second-order valence-corrected chi connectivity index (χ2v) is 28.8. The quantitative estimate of drug-likeness (QED) is 0.101. The van der Waals surface area contributed by atoms with Crippen LogP contribution < -0.4 is 9.80 Å². The van der Waals surface area contributed by atoms with E-state index in [4.69, 9.17) is 0 Å². The number of fused-ring (bicyclic) bond motifs is 6. The van der Waals surface area contributed by atoms with Gasteiger partial charge in [-0.05, 0) is 198 Å². The number of hydrogen-bond donors (Lipinski definition) is 0. The van der Waals surface area contributed by atoms with E-state index in [1.807, 2.05) is 22.7 Å². The van der Waals surface area contributed by atoms with Crippen LogP contribution in [0.1, 0.15) is 0 Å². The standard InChI is InChI=1S/C54H37NS.C48H33NS/c1-4-12-38(13-5-1)41-20-22-44(23-21-41)46-36-51(54-52(37-46)50-18-10-11-19-53(50)56-54)45-28-34-49(35-29-45)55(47-30-24-42(25-31-47)39-14-6-2-7-15-39)48-32-26-43(27-33-48)40-16-8-3-9-17-40;1-4-12-34(13-5-1)36-20-22-38(23-21-36)40-32-45(48-46(33-40)44-18-10-11-19-47(44)50-48)39-26-30-43(31-27-39)49(41-16-8-3-9-17-41)42-28-24-37(25-29-42)35-14-6-2-7-15-35/h1-37H;1-33H. The Labute approximate surface area is 627 Å². The summed E-state index contributed by atoms with van der Waals surface area (Å²) in [6.07, 6.45) is 0. The van der Waals surface area contributed by atoms with Gasteiger partial charge in [-0.1, -0.05) is 315 Å². The van der Waals surface area contributed by atoms with Gasteiger partial charge in [0.2, 0.25) is 0 Å². The van der Waals surface area contributed by atoms with Crippen LogP contribution >= 0.6 is 22.7 Å². The van der Waals surface area contributed by atoms with Gasteiger partial charge in [0.15, 0.2) is 0 Å². The first-order chi connectivity index (χ1) is 52.5. The molecular weight excluding hydrogens is 1320 g/mol. The smallest absolute Gasteiger partial charge is 0.0462 e. The van der Waals surface area contributed by atoms with Gasteiger partial charge in [-0.25, -0.2) is 0 Å². The molecule has 17 aromatic carbocycles. The highest BCUT2D eigenvalue weighted by atomic mass is 32.1. The molecule has 2 heterocycles. The monoisotopic (exact) mass is 1390 g/mol. The zero-order valence-electron chi connectivity index (χ0n) is 58.1. The van der Waals surface area contributed by atoms with E-state index >= 15 is 0 Å². The molecule has 2 nitrogen and oxygen atoms in total. The summed E-state index contributed by atoms with van der Waals surface area (Å²) in [6.45, 7) is 0. The number of para-hydroxylation sites is 1. The number of hydrogen-bond acceptors (Lipinski definition) is 4. The summed E-state index contributed by atoms with van der Waals surface area (Å²) >= 11 is 3.76. The number of thiophene rings is 2. The molecule has 19 rings (SSSR count). The van der Waals surface area contributed by atoms with Gasteiger partial charge in [0, 0.05) is 85.6 Å².